The molecule has 1 aromatic carbocycles. The number of hydrogen-bond donors (Lipinski definition) is 1. The third kappa shape index (κ3) is 4.85. The molecule has 1 fully saturated rings. The van der Waals surface area contributed by atoms with Crippen LogP contribution in [0.4, 0.5) is 4.39 Å². The molecule has 1 aliphatic heterocycles. The molecular weight excluding hydrogens is 271 g/mol. The number of carbonyl (C=O) groups excluding carboxylic acids is 2. The van der Waals surface area contributed by atoms with Crippen LogP contribution in [0.25, 0.3) is 0 Å². The Kier molecular flexibility index (Phi) is 5.31. The van der Waals surface area contributed by atoms with E-state index in [2.05, 4.69) is 5.32 Å². The van der Waals surface area contributed by atoms with Gasteiger partial charge in [-0.05, 0) is 37.0 Å². The van der Waals surface area contributed by atoms with E-state index in [9.17, 15) is 14.0 Å². The lowest BCUT2D eigenvalue weighted by Gasteiger charge is -2.32. The summed E-state index contributed by atoms with van der Waals surface area (Å²) in [6.07, 6.45) is 2.69. The van der Waals surface area contributed by atoms with Gasteiger partial charge in [0.15, 0.2) is 0 Å². The lowest BCUT2D eigenvalue weighted by molar-refractivity contribution is -0.132. The molecule has 1 aromatic rings. The molecular formula is C16H21FN2O2. The second-order valence-electron chi connectivity index (χ2n) is 5.48. The van der Waals surface area contributed by atoms with E-state index in [1.807, 2.05) is 4.90 Å². The quantitative estimate of drug-likeness (QED) is 0.921. The highest BCUT2D eigenvalue weighted by molar-refractivity contribution is 5.76. The van der Waals surface area contributed by atoms with Gasteiger partial charge in [-0.2, -0.15) is 0 Å². The molecule has 0 atom stereocenters. The number of hydrogen-bond acceptors (Lipinski definition) is 2. The average molecular weight is 292 g/mol. The summed E-state index contributed by atoms with van der Waals surface area (Å²) < 4.78 is 12.8. The van der Waals surface area contributed by atoms with Crippen molar-refractivity contribution in [2.45, 2.75) is 38.6 Å². The lowest BCUT2D eigenvalue weighted by atomic mass is 10.0. The molecule has 0 unspecified atom stereocenters. The van der Waals surface area contributed by atoms with E-state index in [1.54, 1.807) is 12.1 Å². The van der Waals surface area contributed by atoms with Crippen LogP contribution < -0.4 is 5.32 Å². The third-order valence-electron chi connectivity index (χ3n) is 3.80. The monoisotopic (exact) mass is 292 g/mol. The molecule has 0 aliphatic carbocycles. The maximum absolute atomic E-state index is 12.8. The molecule has 0 spiro atoms. The van der Waals surface area contributed by atoms with Crippen molar-refractivity contribution in [1.82, 2.24) is 10.2 Å². The second-order valence-corrected chi connectivity index (χ2v) is 5.48. The number of nitrogens with zero attached hydrogens (tertiary/aromatic N) is 1. The fourth-order valence-corrected chi connectivity index (χ4v) is 2.62. The van der Waals surface area contributed by atoms with Crippen molar-refractivity contribution in [3.63, 3.8) is 0 Å². The molecule has 1 N–H and O–H groups in total. The van der Waals surface area contributed by atoms with Crippen LogP contribution in [0.2, 0.25) is 0 Å². The van der Waals surface area contributed by atoms with Gasteiger partial charge in [0.2, 0.25) is 11.8 Å². The Hall–Kier alpha value is -1.91. The van der Waals surface area contributed by atoms with Gasteiger partial charge in [0, 0.05) is 32.5 Å². The van der Waals surface area contributed by atoms with E-state index in [0.29, 0.717) is 25.9 Å². The first-order chi connectivity index (χ1) is 10.0. The number of likely N-dealkylation sites (tertiary alicyclic amines) is 1. The van der Waals surface area contributed by atoms with Crippen LogP contribution in [0, 0.1) is 5.82 Å². The van der Waals surface area contributed by atoms with Crippen LogP contribution in [0.1, 0.15) is 31.7 Å². The normalized spacial score (nSPS) is 15.8. The Bertz CT molecular complexity index is 494. The molecule has 1 aliphatic rings. The van der Waals surface area contributed by atoms with Gasteiger partial charge in [0.05, 0.1) is 0 Å². The first-order valence-corrected chi connectivity index (χ1v) is 7.34. The summed E-state index contributed by atoms with van der Waals surface area (Å²) in [5.41, 5.74) is 0.970. The van der Waals surface area contributed by atoms with E-state index in [0.717, 1.165) is 18.4 Å². The smallest absolute Gasteiger partial charge is 0.222 e. The molecule has 1 saturated heterocycles. The first kappa shape index (κ1) is 15.5. The maximum atomic E-state index is 12.8. The number of aryl methyl sites for hydroxylation is 1. The summed E-state index contributed by atoms with van der Waals surface area (Å²) in [5.74, 6) is -0.151. The summed E-state index contributed by atoms with van der Waals surface area (Å²) >= 11 is 0. The molecule has 21 heavy (non-hydrogen) atoms. The summed E-state index contributed by atoms with van der Waals surface area (Å²) in [6.45, 7) is 2.89. The van der Waals surface area contributed by atoms with Crippen LogP contribution >= 0.6 is 0 Å². The predicted octanol–water partition coefficient (Wildman–Crippen LogP) is 1.89. The van der Waals surface area contributed by atoms with Crippen LogP contribution in [-0.4, -0.2) is 35.8 Å². The SMILES string of the molecule is CC(=O)NC1CCN(C(=O)CCc2ccc(F)cc2)CC1. The predicted molar refractivity (Wildman–Crippen MR) is 78.1 cm³/mol. The van der Waals surface area contributed by atoms with Crippen molar-refractivity contribution in [3.05, 3.63) is 35.6 Å². The Morgan fingerprint density at radius 2 is 1.86 bits per heavy atom. The topological polar surface area (TPSA) is 49.4 Å². The largest absolute Gasteiger partial charge is 0.353 e. The molecule has 2 amide bonds. The minimum absolute atomic E-state index is 0.0175. The average Bonchev–Trinajstić information content (AvgIpc) is 2.46. The molecule has 1 heterocycles. The first-order valence-electron chi connectivity index (χ1n) is 7.34. The van der Waals surface area contributed by atoms with Crippen LogP contribution in [0.3, 0.4) is 0 Å². The van der Waals surface area contributed by atoms with Crippen molar-refractivity contribution in [2.75, 3.05) is 13.1 Å². The highest BCUT2D eigenvalue weighted by Crippen LogP contribution is 2.13. The van der Waals surface area contributed by atoms with Crippen molar-refractivity contribution in [1.29, 1.82) is 0 Å². The molecule has 4 nitrogen and oxygen atoms in total. The number of benzene rings is 1. The summed E-state index contributed by atoms with van der Waals surface area (Å²) in [6, 6.07) is 6.44. The Balaban J connectivity index is 1.74. The standard InChI is InChI=1S/C16H21FN2O2/c1-12(20)18-15-8-10-19(11-9-15)16(21)7-4-13-2-5-14(17)6-3-13/h2-3,5-6,15H,4,7-11H2,1H3,(H,18,20). The van der Waals surface area contributed by atoms with Crippen LogP contribution in [0.15, 0.2) is 24.3 Å². The van der Waals surface area contributed by atoms with Crippen LogP contribution in [0.5, 0.6) is 0 Å². The van der Waals surface area contributed by atoms with E-state index in [-0.39, 0.29) is 23.7 Å². The summed E-state index contributed by atoms with van der Waals surface area (Å²) in [7, 11) is 0. The van der Waals surface area contributed by atoms with E-state index in [1.165, 1.54) is 19.1 Å². The van der Waals surface area contributed by atoms with Gasteiger partial charge in [-0.15, -0.1) is 0 Å². The Labute approximate surface area is 124 Å². The van der Waals surface area contributed by atoms with E-state index < -0.39 is 0 Å². The zero-order chi connectivity index (χ0) is 15.2. The van der Waals surface area contributed by atoms with E-state index in [4.69, 9.17) is 0 Å². The molecule has 0 aromatic heterocycles. The minimum atomic E-state index is -0.259. The number of carbonyl (C=O) groups is 2. The van der Waals surface area contributed by atoms with Gasteiger partial charge in [0.25, 0.3) is 0 Å². The fourth-order valence-electron chi connectivity index (χ4n) is 2.62. The van der Waals surface area contributed by atoms with Gasteiger partial charge >= 0.3 is 0 Å². The highest BCUT2D eigenvalue weighted by atomic mass is 19.1. The third-order valence-corrected chi connectivity index (χ3v) is 3.80. The van der Waals surface area contributed by atoms with Gasteiger partial charge in [-0.3, -0.25) is 9.59 Å². The van der Waals surface area contributed by atoms with Gasteiger partial charge in [0.1, 0.15) is 5.82 Å². The lowest BCUT2D eigenvalue weighted by Crippen LogP contribution is -2.46. The number of piperidine rings is 1. The minimum Gasteiger partial charge on any atom is -0.353 e. The molecule has 0 bridgehead atoms. The summed E-state index contributed by atoms with van der Waals surface area (Å²) in [5, 5.41) is 2.89. The molecule has 114 valence electrons. The van der Waals surface area contributed by atoms with Crippen LogP contribution in [-0.2, 0) is 16.0 Å². The zero-order valence-electron chi connectivity index (χ0n) is 12.3. The summed E-state index contributed by atoms with van der Waals surface area (Å²) in [4.78, 5) is 25.0. The van der Waals surface area contributed by atoms with Gasteiger partial charge < -0.3 is 10.2 Å². The Morgan fingerprint density at radius 3 is 2.43 bits per heavy atom. The van der Waals surface area contributed by atoms with Crippen molar-refractivity contribution < 1.29 is 14.0 Å². The number of rotatable bonds is 4. The fraction of sp³-hybridized carbons (Fsp3) is 0.500. The highest BCUT2D eigenvalue weighted by Gasteiger charge is 2.22. The molecule has 0 radical (unpaired) electrons. The number of nitrogens with one attached hydrogen (secondary N) is 1. The van der Waals surface area contributed by atoms with Crippen molar-refractivity contribution in [2.24, 2.45) is 0 Å². The van der Waals surface area contributed by atoms with E-state index >= 15 is 0 Å². The molecule has 0 saturated carbocycles. The van der Waals surface area contributed by atoms with Gasteiger partial charge in [-0.25, -0.2) is 4.39 Å². The Morgan fingerprint density at radius 1 is 1.24 bits per heavy atom. The zero-order valence-corrected chi connectivity index (χ0v) is 12.3. The maximum Gasteiger partial charge on any atom is 0.222 e. The molecule has 5 heteroatoms. The number of amides is 2. The van der Waals surface area contributed by atoms with Gasteiger partial charge in [-0.1, -0.05) is 12.1 Å². The molecule has 2 rings (SSSR count). The van der Waals surface area contributed by atoms with Crippen molar-refractivity contribution in [3.8, 4) is 0 Å². The van der Waals surface area contributed by atoms with Crippen molar-refractivity contribution >= 4 is 11.8 Å². The number of halogens is 1. The second kappa shape index (κ2) is 7.20.